The van der Waals surface area contributed by atoms with Crippen LogP contribution in [-0.2, 0) is 19.2 Å². The molecule has 0 aliphatic carbocycles. The van der Waals surface area contributed by atoms with Gasteiger partial charge in [-0.2, -0.15) is 0 Å². The molecule has 4 amide bonds. The van der Waals surface area contributed by atoms with Gasteiger partial charge in [0.15, 0.2) is 0 Å². The van der Waals surface area contributed by atoms with Crippen molar-refractivity contribution in [3.05, 3.63) is 69.5 Å². The highest BCUT2D eigenvalue weighted by Gasteiger charge is 2.41. The predicted octanol–water partition coefficient (Wildman–Crippen LogP) is 6.93. The first-order valence-electron chi connectivity index (χ1n) is 14.7. The van der Waals surface area contributed by atoms with Crippen molar-refractivity contribution in [2.75, 3.05) is 23.7 Å². The van der Waals surface area contributed by atoms with Crippen LogP contribution in [-0.4, -0.2) is 55.2 Å². The van der Waals surface area contributed by atoms with Gasteiger partial charge in [-0.15, -0.1) is 0 Å². The highest BCUT2D eigenvalue weighted by Crippen LogP contribution is 2.42. The first-order chi connectivity index (χ1) is 21.2. The van der Waals surface area contributed by atoms with Crippen LogP contribution < -0.4 is 10.6 Å². The number of aryl methyl sites for hydroxylation is 2. The number of thioether (sulfide) groups is 2. The lowest BCUT2D eigenvalue weighted by atomic mass is 10.1. The molecule has 2 aliphatic rings. The summed E-state index contributed by atoms with van der Waals surface area (Å²) < 4.78 is 0.855. The third-order valence-corrected chi connectivity index (χ3v) is 10.3. The molecular weight excluding hydrogens is 633 g/mol. The second-order valence-corrected chi connectivity index (χ2v) is 13.9. The number of hydrogen-bond acceptors (Lipinski definition) is 8. The standard InChI is InChI=1S/C32H36N4O4S4/c1-21-13-7-9-15-23(21)33-25(37)17-5-3-11-19-35-29(39)27(43-31(35)41)28-30(40)36(32(42)44-28)20-12-4-6-18-26(38)34-24-16-10-8-14-22(24)2/h7-10,13-16H,3-6,11-12,17-20H2,1-2H3,(H,33,37)(H,34,38)/b28-27+. The number of carbonyl (C=O) groups excluding carboxylic acids is 4. The van der Waals surface area contributed by atoms with Crippen molar-refractivity contribution in [1.82, 2.24) is 9.80 Å². The van der Waals surface area contributed by atoms with Crippen molar-refractivity contribution in [2.24, 2.45) is 0 Å². The van der Waals surface area contributed by atoms with Crippen molar-refractivity contribution in [3.8, 4) is 0 Å². The molecule has 232 valence electrons. The van der Waals surface area contributed by atoms with E-state index in [0.29, 0.717) is 70.1 Å². The van der Waals surface area contributed by atoms with E-state index in [2.05, 4.69) is 10.6 Å². The largest absolute Gasteiger partial charge is 0.326 e. The highest BCUT2D eigenvalue weighted by atomic mass is 32.2. The van der Waals surface area contributed by atoms with Crippen molar-refractivity contribution >= 4 is 91.6 Å². The Bertz CT molecular complexity index is 1380. The molecule has 2 heterocycles. The van der Waals surface area contributed by atoms with Gasteiger partial charge >= 0.3 is 0 Å². The van der Waals surface area contributed by atoms with Gasteiger partial charge in [0.1, 0.15) is 8.64 Å². The third kappa shape index (κ3) is 8.99. The molecule has 44 heavy (non-hydrogen) atoms. The molecule has 0 unspecified atom stereocenters. The molecule has 2 saturated heterocycles. The van der Waals surface area contributed by atoms with Crippen LogP contribution >= 0.6 is 48.0 Å². The summed E-state index contributed by atoms with van der Waals surface area (Å²) in [5.41, 5.74) is 3.67. The minimum absolute atomic E-state index is 0.0319. The topological polar surface area (TPSA) is 98.8 Å². The summed E-state index contributed by atoms with van der Waals surface area (Å²) in [4.78, 5) is 54.8. The zero-order valence-corrected chi connectivity index (χ0v) is 28.1. The van der Waals surface area contributed by atoms with Crippen LogP contribution in [0.3, 0.4) is 0 Å². The quantitative estimate of drug-likeness (QED) is 0.127. The predicted molar refractivity (Wildman–Crippen MR) is 187 cm³/mol. The number of amides is 4. The fourth-order valence-electron chi connectivity index (χ4n) is 4.77. The van der Waals surface area contributed by atoms with Gasteiger partial charge in [-0.1, -0.05) is 97.2 Å². The van der Waals surface area contributed by atoms with E-state index in [9.17, 15) is 19.2 Å². The van der Waals surface area contributed by atoms with Crippen molar-refractivity contribution in [1.29, 1.82) is 0 Å². The summed E-state index contributed by atoms with van der Waals surface area (Å²) in [5.74, 6) is -0.596. The van der Waals surface area contributed by atoms with E-state index in [-0.39, 0.29) is 23.6 Å². The van der Waals surface area contributed by atoms with Gasteiger partial charge in [-0.25, -0.2) is 0 Å². The van der Waals surface area contributed by atoms with E-state index in [1.54, 1.807) is 0 Å². The van der Waals surface area contributed by atoms with E-state index in [1.165, 1.54) is 9.80 Å². The average Bonchev–Trinajstić information content (AvgIpc) is 3.43. The number of unbranched alkanes of at least 4 members (excludes halogenated alkanes) is 4. The average molecular weight is 669 g/mol. The van der Waals surface area contributed by atoms with E-state index >= 15 is 0 Å². The number of rotatable bonds is 14. The SMILES string of the molecule is Cc1ccccc1NC(=O)CCCCCN1C(=O)/C(=C2\SC(=S)N(CCCCCC(=O)Nc3ccccc3C)C2=O)SC1=S. The Balaban J connectivity index is 1.18. The minimum Gasteiger partial charge on any atom is -0.326 e. The smallest absolute Gasteiger partial charge is 0.267 e. The Kier molecular flexibility index (Phi) is 12.5. The van der Waals surface area contributed by atoms with Crippen molar-refractivity contribution in [3.63, 3.8) is 0 Å². The second-order valence-electron chi connectivity index (χ2n) is 10.7. The molecule has 0 bridgehead atoms. The van der Waals surface area contributed by atoms with Crippen molar-refractivity contribution in [2.45, 2.75) is 65.2 Å². The molecule has 12 heteroatoms. The van der Waals surface area contributed by atoms with Gasteiger partial charge in [-0.05, 0) is 62.8 Å². The maximum atomic E-state index is 13.2. The lowest BCUT2D eigenvalue weighted by molar-refractivity contribution is -0.124. The number of thiocarbonyl (C=S) groups is 2. The van der Waals surface area contributed by atoms with E-state index < -0.39 is 0 Å². The van der Waals surface area contributed by atoms with Crippen LogP contribution in [0.15, 0.2) is 58.3 Å². The van der Waals surface area contributed by atoms with Crippen molar-refractivity contribution < 1.29 is 19.2 Å². The molecule has 0 saturated carbocycles. The maximum absolute atomic E-state index is 13.2. The second kappa shape index (κ2) is 16.3. The first-order valence-corrected chi connectivity index (χ1v) is 17.1. The minimum atomic E-state index is -0.266. The molecule has 2 aromatic rings. The van der Waals surface area contributed by atoms with Gasteiger partial charge in [0.05, 0.1) is 9.81 Å². The number of hydrogen-bond donors (Lipinski definition) is 2. The van der Waals surface area contributed by atoms with Gasteiger partial charge in [0, 0.05) is 37.3 Å². The summed E-state index contributed by atoms with van der Waals surface area (Å²) in [6, 6.07) is 15.3. The first kappa shape index (κ1) is 33.8. The third-order valence-electron chi connectivity index (χ3n) is 7.31. The Morgan fingerprint density at radius 3 is 1.41 bits per heavy atom. The molecule has 0 aromatic heterocycles. The van der Waals surface area contributed by atoms with Crippen LogP contribution in [0.25, 0.3) is 0 Å². The normalized spacial score (nSPS) is 16.7. The summed E-state index contributed by atoms with van der Waals surface area (Å²) in [5, 5.41) is 5.88. The van der Waals surface area contributed by atoms with Gasteiger partial charge < -0.3 is 10.6 Å². The molecule has 8 nitrogen and oxygen atoms in total. The summed E-state index contributed by atoms with van der Waals surface area (Å²) in [7, 11) is 0. The van der Waals surface area contributed by atoms with E-state index in [1.807, 2.05) is 62.4 Å². The maximum Gasteiger partial charge on any atom is 0.267 e. The molecule has 2 aliphatic heterocycles. The molecule has 0 spiro atoms. The molecular formula is C32H36N4O4S4. The van der Waals surface area contributed by atoms with E-state index in [4.69, 9.17) is 24.4 Å². The molecule has 2 N–H and O–H groups in total. The molecule has 0 atom stereocenters. The van der Waals surface area contributed by atoms with Crippen LogP contribution in [0.5, 0.6) is 0 Å². The summed E-state index contributed by atoms with van der Waals surface area (Å²) >= 11 is 13.2. The zero-order valence-electron chi connectivity index (χ0n) is 24.9. The fourth-order valence-corrected chi connectivity index (χ4v) is 7.54. The number of nitrogens with one attached hydrogen (secondary N) is 2. The Labute approximate surface area is 277 Å². The fraction of sp³-hybridized carbons (Fsp3) is 0.375. The monoisotopic (exact) mass is 668 g/mol. The molecule has 2 aromatic carbocycles. The van der Waals surface area contributed by atoms with Crippen LogP contribution in [0.2, 0.25) is 0 Å². The lowest BCUT2D eigenvalue weighted by Crippen LogP contribution is -2.31. The Morgan fingerprint density at radius 2 is 1.02 bits per heavy atom. The highest BCUT2D eigenvalue weighted by molar-refractivity contribution is 8.29. The lowest BCUT2D eigenvalue weighted by Gasteiger charge is -2.15. The van der Waals surface area contributed by atoms with Crippen LogP contribution in [0, 0.1) is 13.8 Å². The Morgan fingerprint density at radius 1 is 0.636 bits per heavy atom. The summed E-state index contributed by atoms with van der Waals surface area (Å²) in [6.07, 6.45) is 5.12. The van der Waals surface area contributed by atoms with Gasteiger partial charge in [0.25, 0.3) is 11.8 Å². The van der Waals surface area contributed by atoms with Gasteiger partial charge in [0.2, 0.25) is 11.8 Å². The van der Waals surface area contributed by atoms with E-state index in [0.717, 1.165) is 58.9 Å². The number of anilines is 2. The molecule has 2 fully saturated rings. The molecule has 0 radical (unpaired) electrons. The number of nitrogens with zero attached hydrogens (tertiary/aromatic N) is 2. The van der Waals surface area contributed by atoms with Gasteiger partial charge in [-0.3, -0.25) is 29.0 Å². The zero-order chi connectivity index (χ0) is 31.6. The number of para-hydroxylation sites is 2. The Hall–Kier alpha value is -3.06. The summed E-state index contributed by atoms with van der Waals surface area (Å²) in [6.45, 7) is 4.78. The van der Waals surface area contributed by atoms with Crippen LogP contribution in [0.1, 0.15) is 62.5 Å². The van der Waals surface area contributed by atoms with Crippen LogP contribution in [0.4, 0.5) is 11.4 Å². The molecule has 4 rings (SSSR count). The number of carbonyl (C=O) groups is 4. The number of benzene rings is 2.